The van der Waals surface area contributed by atoms with Crippen molar-refractivity contribution in [3.05, 3.63) is 0 Å². The Hall–Kier alpha value is -0.810. The highest BCUT2D eigenvalue weighted by Crippen LogP contribution is 2.16. The van der Waals surface area contributed by atoms with Crippen molar-refractivity contribution in [1.29, 1.82) is 0 Å². The van der Waals surface area contributed by atoms with E-state index in [1.165, 1.54) is 7.11 Å². The summed E-state index contributed by atoms with van der Waals surface area (Å²) in [6.07, 6.45) is 2.93. The molecule has 0 aliphatic carbocycles. The SMILES string of the molecule is COC(=O)N1CCCC(CNN)CC1. The molecule has 0 aromatic rings. The fraction of sp³-hybridized carbons (Fsp3) is 0.889. The summed E-state index contributed by atoms with van der Waals surface area (Å²) in [5, 5.41) is 0. The quantitative estimate of drug-likeness (QED) is 0.498. The van der Waals surface area contributed by atoms with Gasteiger partial charge in [-0.15, -0.1) is 0 Å². The van der Waals surface area contributed by atoms with E-state index >= 15 is 0 Å². The molecule has 1 unspecified atom stereocenters. The van der Waals surface area contributed by atoms with E-state index in [1.807, 2.05) is 0 Å². The van der Waals surface area contributed by atoms with Crippen molar-refractivity contribution in [3.8, 4) is 0 Å². The number of ether oxygens (including phenoxy) is 1. The molecule has 0 bridgehead atoms. The van der Waals surface area contributed by atoms with Crippen LogP contribution in [0.5, 0.6) is 0 Å². The lowest BCUT2D eigenvalue weighted by atomic mass is 10.0. The maximum atomic E-state index is 11.2. The molecule has 5 heteroatoms. The molecule has 1 atom stereocenters. The van der Waals surface area contributed by atoms with Crippen molar-refractivity contribution in [2.75, 3.05) is 26.7 Å². The molecule has 1 aliphatic heterocycles. The van der Waals surface area contributed by atoms with Crippen LogP contribution in [-0.2, 0) is 4.74 Å². The van der Waals surface area contributed by atoms with Gasteiger partial charge in [-0.05, 0) is 25.2 Å². The van der Waals surface area contributed by atoms with Crippen LogP contribution in [0.25, 0.3) is 0 Å². The lowest BCUT2D eigenvalue weighted by molar-refractivity contribution is 0.124. The molecule has 5 nitrogen and oxygen atoms in total. The van der Waals surface area contributed by atoms with E-state index in [9.17, 15) is 4.79 Å². The third kappa shape index (κ3) is 3.16. The second kappa shape index (κ2) is 5.82. The average Bonchev–Trinajstić information content (AvgIpc) is 2.43. The maximum absolute atomic E-state index is 11.2. The van der Waals surface area contributed by atoms with E-state index in [4.69, 9.17) is 5.84 Å². The van der Waals surface area contributed by atoms with Gasteiger partial charge in [0.25, 0.3) is 0 Å². The van der Waals surface area contributed by atoms with Crippen molar-refractivity contribution in [2.24, 2.45) is 11.8 Å². The van der Waals surface area contributed by atoms with Crippen molar-refractivity contribution in [3.63, 3.8) is 0 Å². The minimum absolute atomic E-state index is 0.216. The monoisotopic (exact) mass is 201 g/mol. The number of nitrogens with two attached hydrogens (primary N) is 1. The van der Waals surface area contributed by atoms with E-state index in [2.05, 4.69) is 10.2 Å². The summed E-state index contributed by atoms with van der Waals surface area (Å²) in [6.45, 7) is 2.40. The summed E-state index contributed by atoms with van der Waals surface area (Å²) in [5.74, 6) is 5.85. The number of amides is 1. The molecule has 1 fully saturated rings. The molecule has 1 saturated heterocycles. The summed E-state index contributed by atoms with van der Waals surface area (Å²) in [4.78, 5) is 13.0. The van der Waals surface area contributed by atoms with Crippen LogP contribution in [-0.4, -0.2) is 37.7 Å². The van der Waals surface area contributed by atoms with Gasteiger partial charge in [-0.3, -0.25) is 11.3 Å². The van der Waals surface area contributed by atoms with Crippen molar-refractivity contribution >= 4 is 6.09 Å². The van der Waals surface area contributed by atoms with Gasteiger partial charge in [0.05, 0.1) is 7.11 Å². The van der Waals surface area contributed by atoms with E-state index in [0.29, 0.717) is 5.92 Å². The fourth-order valence-electron chi connectivity index (χ4n) is 1.85. The Balaban J connectivity index is 2.36. The van der Waals surface area contributed by atoms with E-state index < -0.39 is 0 Å². The van der Waals surface area contributed by atoms with Crippen LogP contribution in [0.1, 0.15) is 19.3 Å². The predicted octanol–water partition coefficient (Wildman–Crippen LogP) is 0.318. The van der Waals surface area contributed by atoms with Crippen molar-refractivity contribution < 1.29 is 9.53 Å². The molecule has 1 heterocycles. The number of hydrazine groups is 1. The van der Waals surface area contributed by atoms with Crippen molar-refractivity contribution in [2.45, 2.75) is 19.3 Å². The van der Waals surface area contributed by atoms with Crippen LogP contribution >= 0.6 is 0 Å². The normalized spacial score (nSPS) is 23.0. The Kier molecular flexibility index (Phi) is 4.69. The molecule has 0 aromatic carbocycles. The summed E-state index contributed by atoms with van der Waals surface area (Å²) in [5.41, 5.74) is 2.69. The zero-order valence-electron chi connectivity index (χ0n) is 8.66. The number of likely N-dealkylation sites (tertiary alicyclic amines) is 1. The molecule has 0 radical (unpaired) electrons. The zero-order valence-corrected chi connectivity index (χ0v) is 8.66. The van der Waals surface area contributed by atoms with Gasteiger partial charge >= 0.3 is 6.09 Å². The average molecular weight is 201 g/mol. The highest BCUT2D eigenvalue weighted by Gasteiger charge is 2.20. The molecule has 1 rings (SSSR count). The van der Waals surface area contributed by atoms with E-state index in [1.54, 1.807) is 4.90 Å². The third-order valence-corrected chi connectivity index (χ3v) is 2.69. The standard InChI is InChI=1S/C9H19N3O2/c1-14-9(13)12-5-2-3-8(4-6-12)7-11-10/h8,11H,2-7,10H2,1H3. The number of rotatable bonds is 2. The number of carbonyl (C=O) groups excluding carboxylic acids is 1. The topological polar surface area (TPSA) is 67.6 Å². The van der Waals surface area contributed by atoms with Crippen LogP contribution in [0.4, 0.5) is 4.79 Å². The third-order valence-electron chi connectivity index (χ3n) is 2.69. The Labute approximate surface area is 84.5 Å². The molecular weight excluding hydrogens is 182 g/mol. The first kappa shape index (κ1) is 11.3. The molecule has 1 amide bonds. The predicted molar refractivity (Wildman–Crippen MR) is 53.5 cm³/mol. The summed E-state index contributed by atoms with van der Waals surface area (Å²) in [6, 6.07) is 0. The van der Waals surface area contributed by atoms with Gasteiger partial charge < -0.3 is 9.64 Å². The number of nitrogens with zero attached hydrogens (tertiary/aromatic N) is 1. The maximum Gasteiger partial charge on any atom is 0.409 e. The molecule has 0 spiro atoms. The van der Waals surface area contributed by atoms with Gasteiger partial charge in [-0.1, -0.05) is 0 Å². The van der Waals surface area contributed by atoms with Crippen LogP contribution in [0.15, 0.2) is 0 Å². The van der Waals surface area contributed by atoms with Gasteiger partial charge in [-0.25, -0.2) is 4.79 Å². The lowest BCUT2D eigenvalue weighted by Gasteiger charge is -2.18. The molecule has 3 N–H and O–H groups in total. The Bertz CT molecular complexity index is 187. The van der Waals surface area contributed by atoms with Gasteiger partial charge in [0.2, 0.25) is 0 Å². The number of nitrogens with one attached hydrogen (secondary N) is 1. The first-order valence-electron chi connectivity index (χ1n) is 5.04. The number of methoxy groups -OCH3 is 1. The Morgan fingerprint density at radius 2 is 2.36 bits per heavy atom. The van der Waals surface area contributed by atoms with Gasteiger partial charge in [-0.2, -0.15) is 0 Å². The smallest absolute Gasteiger partial charge is 0.409 e. The van der Waals surface area contributed by atoms with Gasteiger partial charge in [0.1, 0.15) is 0 Å². The second-order valence-corrected chi connectivity index (χ2v) is 3.66. The van der Waals surface area contributed by atoms with Gasteiger partial charge in [0, 0.05) is 19.6 Å². The first-order chi connectivity index (χ1) is 6.77. The number of carbonyl (C=O) groups is 1. The van der Waals surface area contributed by atoms with E-state index in [0.717, 1.165) is 38.9 Å². The summed E-state index contributed by atoms with van der Waals surface area (Å²) < 4.78 is 4.69. The molecule has 0 saturated carbocycles. The molecule has 1 aliphatic rings. The number of hydrogen-bond donors (Lipinski definition) is 2. The molecular formula is C9H19N3O2. The summed E-state index contributed by atoms with van der Waals surface area (Å²) >= 11 is 0. The largest absolute Gasteiger partial charge is 0.453 e. The first-order valence-corrected chi connectivity index (χ1v) is 5.04. The molecule has 82 valence electrons. The highest BCUT2D eigenvalue weighted by molar-refractivity contribution is 5.67. The fourth-order valence-corrected chi connectivity index (χ4v) is 1.85. The lowest BCUT2D eigenvalue weighted by Crippen LogP contribution is -2.32. The summed E-state index contributed by atoms with van der Waals surface area (Å²) in [7, 11) is 1.42. The minimum atomic E-state index is -0.216. The zero-order chi connectivity index (χ0) is 10.4. The highest BCUT2D eigenvalue weighted by atomic mass is 16.5. The van der Waals surface area contributed by atoms with Crippen LogP contribution in [0, 0.1) is 5.92 Å². The van der Waals surface area contributed by atoms with Crippen molar-refractivity contribution in [1.82, 2.24) is 10.3 Å². The van der Waals surface area contributed by atoms with Gasteiger partial charge in [0.15, 0.2) is 0 Å². The number of hydrogen-bond acceptors (Lipinski definition) is 4. The second-order valence-electron chi connectivity index (χ2n) is 3.66. The van der Waals surface area contributed by atoms with Crippen LogP contribution in [0.3, 0.4) is 0 Å². The van der Waals surface area contributed by atoms with Crippen LogP contribution < -0.4 is 11.3 Å². The van der Waals surface area contributed by atoms with E-state index in [-0.39, 0.29) is 6.09 Å². The molecule has 0 aromatic heterocycles. The Morgan fingerprint density at radius 3 is 3.00 bits per heavy atom. The Morgan fingerprint density at radius 1 is 1.57 bits per heavy atom. The van der Waals surface area contributed by atoms with Crippen LogP contribution in [0.2, 0.25) is 0 Å². The molecule has 14 heavy (non-hydrogen) atoms. The minimum Gasteiger partial charge on any atom is -0.453 e.